The van der Waals surface area contributed by atoms with Gasteiger partial charge in [0.25, 0.3) is 0 Å². The number of carbonyl (C=O) groups excluding carboxylic acids is 2. The number of aromatic amines is 1. The van der Waals surface area contributed by atoms with Gasteiger partial charge in [-0.25, -0.2) is 4.98 Å². The number of nitrogens with two attached hydrogens (primary N) is 1. The van der Waals surface area contributed by atoms with Crippen LogP contribution in [0.15, 0.2) is 24.5 Å². The lowest BCUT2D eigenvalue weighted by molar-refractivity contribution is -0.131. The monoisotopic (exact) mass is 327 g/mol. The van der Waals surface area contributed by atoms with Gasteiger partial charge in [-0.1, -0.05) is 6.92 Å². The molecule has 0 spiro atoms. The molecule has 3 N–H and O–H groups in total. The first-order chi connectivity index (χ1) is 11.6. The lowest BCUT2D eigenvalue weighted by Gasteiger charge is -2.35. The summed E-state index contributed by atoms with van der Waals surface area (Å²) < 4.78 is 0. The summed E-state index contributed by atoms with van der Waals surface area (Å²) in [7, 11) is 0. The minimum absolute atomic E-state index is 0.202. The topological polar surface area (TPSA) is 95.3 Å². The van der Waals surface area contributed by atoms with E-state index >= 15 is 0 Å². The third kappa shape index (κ3) is 3.24. The number of primary amides is 1. The number of piperazine rings is 1. The van der Waals surface area contributed by atoms with E-state index in [1.165, 1.54) is 6.08 Å². The van der Waals surface area contributed by atoms with Crippen LogP contribution in [0.25, 0.3) is 17.1 Å². The summed E-state index contributed by atoms with van der Waals surface area (Å²) in [5.41, 5.74) is 7.81. The maximum atomic E-state index is 11.8. The van der Waals surface area contributed by atoms with Crippen LogP contribution in [-0.2, 0) is 9.59 Å². The molecule has 1 fully saturated rings. The normalized spacial score (nSPS) is 15.4. The molecule has 0 aromatic carbocycles. The molecule has 7 nitrogen and oxygen atoms in total. The highest BCUT2D eigenvalue weighted by Crippen LogP contribution is 2.24. The number of amides is 2. The second kappa shape index (κ2) is 6.74. The highest BCUT2D eigenvalue weighted by molar-refractivity contribution is 5.95. The summed E-state index contributed by atoms with van der Waals surface area (Å²) in [5, 5.41) is 0.942. The number of anilines is 1. The Bertz CT molecular complexity index is 787. The Labute approximate surface area is 140 Å². The van der Waals surface area contributed by atoms with Crippen molar-refractivity contribution in [1.29, 1.82) is 0 Å². The van der Waals surface area contributed by atoms with E-state index in [9.17, 15) is 9.59 Å². The molecule has 2 aromatic rings. The van der Waals surface area contributed by atoms with Gasteiger partial charge < -0.3 is 20.5 Å². The molecule has 2 amide bonds. The minimum Gasteiger partial charge on any atom is -0.367 e. The van der Waals surface area contributed by atoms with Gasteiger partial charge in [0.1, 0.15) is 5.65 Å². The molecule has 3 rings (SSSR count). The molecule has 0 bridgehead atoms. The zero-order valence-corrected chi connectivity index (χ0v) is 13.7. The van der Waals surface area contributed by atoms with Gasteiger partial charge in [0.2, 0.25) is 11.8 Å². The number of fused-ring (bicyclic) bond motifs is 1. The molecule has 24 heavy (non-hydrogen) atoms. The summed E-state index contributed by atoms with van der Waals surface area (Å²) in [6, 6.07) is 2.05. The molecular weight excluding hydrogens is 306 g/mol. The van der Waals surface area contributed by atoms with Gasteiger partial charge in [0.15, 0.2) is 0 Å². The zero-order chi connectivity index (χ0) is 17.1. The Morgan fingerprint density at radius 1 is 1.33 bits per heavy atom. The Hall–Kier alpha value is -2.83. The number of aromatic nitrogens is 2. The first-order valence-corrected chi connectivity index (χ1v) is 8.06. The van der Waals surface area contributed by atoms with Crippen LogP contribution in [0.4, 0.5) is 5.69 Å². The van der Waals surface area contributed by atoms with E-state index in [1.54, 1.807) is 12.3 Å². The zero-order valence-electron chi connectivity index (χ0n) is 13.7. The van der Waals surface area contributed by atoms with E-state index in [0.29, 0.717) is 6.42 Å². The van der Waals surface area contributed by atoms with Gasteiger partial charge in [-0.3, -0.25) is 9.59 Å². The van der Waals surface area contributed by atoms with Crippen LogP contribution in [-0.4, -0.2) is 52.9 Å². The standard InChI is InChI=1S/C17H21N5O2/c1-2-16(24)22-7-5-21(6-8-22)13-9-14-12(3-4-15(18)23)10-19-17(14)20-11-13/h3-4,9-11H,2,5-8H2,1H3,(H2,18,23)(H,19,20)/b4-3+. The quantitative estimate of drug-likeness (QED) is 0.823. The fourth-order valence-electron chi connectivity index (χ4n) is 2.93. The average Bonchev–Trinajstić information content (AvgIpc) is 3.01. The number of H-pyrrole nitrogens is 1. The molecule has 2 aromatic heterocycles. The van der Waals surface area contributed by atoms with Crippen molar-refractivity contribution < 1.29 is 9.59 Å². The lowest BCUT2D eigenvalue weighted by Crippen LogP contribution is -2.48. The number of nitrogens with one attached hydrogen (secondary N) is 1. The van der Waals surface area contributed by atoms with E-state index in [0.717, 1.165) is 48.5 Å². The van der Waals surface area contributed by atoms with Crippen LogP contribution in [0.3, 0.4) is 0 Å². The molecular formula is C17H21N5O2. The molecule has 0 atom stereocenters. The number of pyridine rings is 1. The summed E-state index contributed by atoms with van der Waals surface area (Å²) in [6.45, 7) is 4.92. The molecule has 0 unspecified atom stereocenters. The number of hydrogen-bond acceptors (Lipinski definition) is 4. The Kier molecular flexibility index (Phi) is 4.50. The molecule has 0 radical (unpaired) electrons. The van der Waals surface area contributed by atoms with Gasteiger partial charge in [0.05, 0.1) is 11.9 Å². The first kappa shape index (κ1) is 16.0. The molecule has 1 aliphatic rings. The highest BCUT2D eigenvalue weighted by Gasteiger charge is 2.20. The predicted octanol–water partition coefficient (Wildman–Crippen LogP) is 1.12. The molecule has 7 heteroatoms. The first-order valence-electron chi connectivity index (χ1n) is 8.06. The summed E-state index contributed by atoms with van der Waals surface area (Å²) >= 11 is 0. The number of rotatable bonds is 4. The summed E-state index contributed by atoms with van der Waals surface area (Å²) in [5.74, 6) is -0.280. The van der Waals surface area contributed by atoms with E-state index in [4.69, 9.17) is 5.73 Å². The lowest BCUT2D eigenvalue weighted by atomic mass is 10.2. The van der Waals surface area contributed by atoms with Crippen LogP contribution < -0.4 is 10.6 Å². The van der Waals surface area contributed by atoms with Crippen molar-refractivity contribution in [3.05, 3.63) is 30.1 Å². The molecule has 0 aliphatic carbocycles. The van der Waals surface area contributed by atoms with Crippen molar-refractivity contribution in [1.82, 2.24) is 14.9 Å². The van der Waals surface area contributed by atoms with Crippen molar-refractivity contribution in [3.8, 4) is 0 Å². The van der Waals surface area contributed by atoms with Gasteiger partial charge in [-0.15, -0.1) is 0 Å². The smallest absolute Gasteiger partial charge is 0.241 e. The predicted molar refractivity (Wildman–Crippen MR) is 93.4 cm³/mol. The van der Waals surface area contributed by atoms with Gasteiger partial charge >= 0.3 is 0 Å². The second-order valence-corrected chi connectivity index (χ2v) is 5.79. The van der Waals surface area contributed by atoms with Crippen LogP contribution in [0.5, 0.6) is 0 Å². The van der Waals surface area contributed by atoms with E-state index in [-0.39, 0.29) is 5.91 Å². The molecule has 3 heterocycles. The maximum Gasteiger partial charge on any atom is 0.241 e. The van der Waals surface area contributed by atoms with Crippen molar-refractivity contribution in [2.45, 2.75) is 13.3 Å². The second-order valence-electron chi connectivity index (χ2n) is 5.79. The van der Waals surface area contributed by atoms with Gasteiger partial charge in [-0.05, 0) is 12.1 Å². The van der Waals surface area contributed by atoms with Crippen molar-refractivity contribution in [2.24, 2.45) is 5.73 Å². The van der Waals surface area contributed by atoms with Gasteiger partial charge in [0, 0.05) is 55.8 Å². The molecule has 1 aliphatic heterocycles. The van der Waals surface area contributed by atoms with Crippen molar-refractivity contribution >= 4 is 34.6 Å². The molecule has 126 valence electrons. The van der Waals surface area contributed by atoms with Crippen LogP contribution in [0.1, 0.15) is 18.9 Å². The Morgan fingerprint density at radius 2 is 2.08 bits per heavy atom. The fourth-order valence-corrected chi connectivity index (χ4v) is 2.93. The number of nitrogens with zero attached hydrogens (tertiary/aromatic N) is 3. The largest absolute Gasteiger partial charge is 0.367 e. The fraction of sp³-hybridized carbons (Fsp3) is 0.353. The summed E-state index contributed by atoms with van der Waals surface area (Å²) in [4.78, 5) is 34.3. The third-order valence-corrected chi connectivity index (χ3v) is 4.28. The highest BCUT2D eigenvalue weighted by atomic mass is 16.2. The Morgan fingerprint density at radius 3 is 2.75 bits per heavy atom. The van der Waals surface area contributed by atoms with E-state index in [1.807, 2.05) is 18.0 Å². The van der Waals surface area contributed by atoms with Crippen molar-refractivity contribution in [2.75, 3.05) is 31.1 Å². The van der Waals surface area contributed by atoms with Crippen LogP contribution in [0, 0.1) is 0 Å². The third-order valence-electron chi connectivity index (χ3n) is 4.28. The number of hydrogen-bond donors (Lipinski definition) is 2. The van der Waals surface area contributed by atoms with E-state index in [2.05, 4.69) is 20.9 Å². The van der Waals surface area contributed by atoms with Crippen LogP contribution >= 0.6 is 0 Å². The van der Waals surface area contributed by atoms with E-state index < -0.39 is 5.91 Å². The van der Waals surface area contributed by atoms with Gasteiger partial charge in [-0.2, -0.15) is 0 Å². The minimum atomic E-state index is -0.481. The average molecular weight is 327 g/mol. The number of carbonyl (C=O) groups is 2. The molecule has 0 saturated carbocycles. The molecule has 1 saturated heterocycles. The maximum absolute atomic E-state index is 11.8. The Balaban J connectivity index is 1.80. The summed E-state index contributed by atoms with van der Waals surface area (Å²) in [6.07, 6.45) is 7.21. The van der Waals surface area contributed by atoms with Crippen molar-refractivity contribution in [3.63, 3.8) is 0 Å². The van der Waals surface area contributed by atoms with Crippen LogP contribution in [0.2, 0.25) is 0 Å². The SMILES string of the molecule is CCC(=O)N1CCN(c2cnc3[nH]cc(/C=C/C(N)=O)c3c2)CC1.